The molecule has 0 spiro atoms. The fourth-order valence-electron chi connectivity index (χ4n) is 4.85. The Hall–Kier alpha value is -4.21. The molecule has 2 atom stereocenters. The van der Waals surface area contributed by atoms with Crippen molar-refractivity contribution in [1.82, 2.24) is 29.8 Å². The van der Waals surface area contributed by atoms with E-state index < -0.39 is 23.4 Å². The number of carbonyl (C=O) groups is 2. The number of rotatable bonds is 5. The number of amides is 2. The third-order valence-electron chi connectivity index (χ3n) is 6.63. The van der Waals surface area contributed by atoms with Crippen molar-refractivity contribution in [1.29, 1.82) is 0 Å². The zero-order chi connectivity index (χ0) is 27.0. The van der Waals surface area contributed by atoms with E-state index >= 15 is 4.39 Å². The zero-order valence-electron chi connectivity index (χ0n) is 21.9. The van der Waals surface area contributed by atoms with Crippen molar-refractivity contribution >= 4 is 22.9 Å². The fourth-order valence-corrected chi connectivity index (χ4v) is 4.85. The maximum Gasteiger partial charge on any atom is 0.410 e. The summed E-state index contributed by atoms with van der Waals surface area (Å²) in [7, 11) is 1.87. The van der Waals surface area contributed by atoms with Gasteiger partial charge in [0.1, 0.15) is 11.4 Å². The van der Waals surface area contributed by atoms with E-state index in [0.717, 1.165) is 16.5 Å². The van der Waals surface area contributed by atoms with Gasteiger partial charge in [-0.1, -0.05) is 12.1 Å². The average Bonchev–Trinajstić information content (AvgIpc) is 3.59. The van der Waals surface area contributed by atoms with Gasteiger partial charge in [0.2, 0.25) is 0 Å². The van der Waals surface area contributed by atoms with Crippen LogP contribution in [0.5, 0.6) is 0 Å². The molecule has 2 amide bonds. The third kappa shape index (κ3) is 5.39. The highest BCUT2D eigenvalue weighted by Gasteiger charge is 2.38. The molecule has 9 nitrogen and oxygen atoms in total. The van der Waals surface area contributed by atoms with E-state index in [2.05, 4.69) is 15.5 Å². The molecule has 1 aliphatic heterocycles. The monoisotopic (exact) mass is 518 g/mol. The molecule has 0 radical (unpaired) electrons. The molecule has 1 N–H and O–H groups in total. The minimum Gasteiger partial charge on any atom is -0.444 e. The SMILES string of the molecule is Cn1ncc2cc(-c3ccc(C(=O)NC4C[C@H](Cn5cccn5)N(C(=O)OC(C)(C)C)C4)c(F)c3)ccc21. The second-order valence-corrected chi connectivity index (χ2v) is 10.7. The lowest BCUT2D eigenvalue weighted by Gasteiger charge is -2.28. The van der Waals surface area contributed by atoms with E-state index in [4.69, 9.17) is 4.74 Å². The molecule has 198 valence electrons. The quantitative estimate of drug-likeness (QED) is 0.423. The molecule has 38 heavy (non-hydrogen) atoms. The maximum atomic E-state index is 15.1. The summed E-state index contributed by atoms with van der Waals surface area (Å²) in [6.45, 7) is 6.15. The number of halogens is 1. The van der Waals surface area contributed by atoms with E-state index in [9.17, 15) is 9.59 Å². The van der Waals surface area contributed by atoms with Crippen LogP contribution in [0.1, 0.15) is 37.6 Å². The summed E-state index contributed by atoms with van der Waals surface area (Å²) in [6, 6.07) is 11.6. The third-order valence-corrected chi connectivity index (χ3v) is 6.63. The van der Waals surface area contributed by atoms with E-state index in [1.807, 2.05) is 58.3 Å². The van der Waals surface area contributed by atoms with Crippen molar-refractivity contribution in [2.45, 2.75) is 51.4 Å². The van der Waals surface area contributed by atoms with Crippen LogP contribution in [0.4, 0.5) is 9.18 Å². The number of likely N-dealkylation sites (tertiary alicyclic amines) is 1. The first-order valence-corrected chi connectivity index (χ1v) is 12.6. The van der Waals surface area contributed by atoms with Crippen LogP contribution >= 0.6 is 0 Å². The molecule has 0 saturated carbocycles. The van der Waals surface area contributed by atoms with E-state index in [1.54, 1.807) is 32.7 Å². The number of carbonyl (C=O) groups excluding carboxylic acids is 2. The molecule has 10 heteroatoms. The molecule has 1 unspecified atom stereocenters. The Morgan fingerprint density at radius 2 is 1.89 bits per heavy atom. The van der Waals surface area contributed by atoms with Gasteiger partial charge in [0.25, 0.3) is 5.91 Å². The number of nitrogens with one attached hydrogen (secondary N) is 1. The maximum absolute atomic E-state index is 15.1. The van der Waals surface area contributed by atoms with Crippen LogP contribution in [0.2, 0.25) is 0 Å². The summed E-state index contributed by atoms with van der Waals surface area (Å²) >= 11 is 0. The van der Waals surface area contributed by atoms with Gasteiger partial charge in [-0.05, 0) is 68.7 Å². The van der Waals surface area contributed by atoms with Crippen LogP contribution < -0.4 is 5.32 Å². The predicted molar refractivity (Wildman–Crippen MR) is 141 cm³/mol. The number of aryl methyl sites for hydroxylation is 1. The van der Waals surface area contributed by atoms with E-state index in [0.29, 0.717) is 18.5 Å². The molecule has 2 aromatic heterocycles. The lowest BCUT2D eigenvalue weighted by molar-refractivity contribution is 0.0208. The molecule has 1 fully saturated rings. The van der Waals surface area contributed by atoms with Crippen LogP contribution in [0.3, 0.4) is 0 Å². The number of hydrogen-bond donors (Lipinski definition) is 1. The van der Waals surface area contributed by atoms with E-state index in [-0.39, 0.29) is 24.2 Å². The number of ether oxygens (including phenoxy) is 1. The molecule has 2 aromatic carbocycles. The van der Waals surface area contributed by atoms with Gasteiger partial charge in [-0.25, -0.2) is 9.18 Å². The van der Waals surface area contributed by atoms with Crippen LogP contribution in [-0.2, 0) is 18.3 Å². The topological polar surface area (TPSA) is 94.3 Å². The first kappa shape index (κ1) is 25.4. The van der Waals surface area contributed by atoms with Crippen LogP contribution in [0.25, 0.3) is 22.0 Å². The highest BCUT2D eigenvalue weighted by molar-refractivity contribution is 5.95. The summed E-state index contributed by atoms with van der Waals surface area (Å²) in [5, 5.41) is 12.3. The largest absolute Gasteiger partial charge is 0.444 e. The first-order chi connectivity index (χ1) is 18.1. The zero-order valence-corrected chi connectivity index (χ0v) is 21.9. The van der Waals surface area contributed by atoms with E-state index in [1.165, 1.54) is 12.1 Å². The summed E-state index contributed by atoms with van der Waals surface area (Å²) in [4.78, 5) is 27.6. The number of aromatic nitrogens is 4. The molecular weight excluding hydrogens is 487 g/mol. The van der Waals surface area contributed by atoms with Gasteiger partial charge in [0.15, 0.2) is 0 Å². The van der Waals surface area contributed by atoms with Crippen molar-refractivity contribution in [2.75, 3.05) is 6.54 Å². The standard InChI is InChI=1S/C28H31FN6O3/c1-28(2,3)38-27(37)35-16-21(14-22(35)17-34-11-5-10-30-34)32-26(36)23-8-6-19(13-24(23)29)18-7-9-25-20(12-18)15-31-33(25)4/h5-13,15,21-22H,14,16-17H2,1-4H3,(H,32,36)/t21?,22-/m1/s1. The van der Waals surface area contributed by atoms with Crippen molar-refractivity contribution < 1.29 is 18.7 Å². The lowest BCUT2D eigenvalue weighted by Crippen LogP contribution is -2.43. The highest BCUT2D eigenvalue weighted by Crippen LogP contribution is 2.27. The first-order valence-electron chi connectivity index (χ1n) is 12.6. The van der Waals surface area contributed by atoms with Crippen LogP contribution in [0.15, 0.2) is 61.1 Å². The van der Waals surface area contributed by atoms with Crippen molar-refractivity contribution in [3.63, 3.8) is 0 Å². The molecular formula is C28H31FN6O3. The van der Waals surface area contributed by atoms with Crippen molar-refractivity contribution in [2.24, 2.45) is 7.05 Å². The van der Waals surface area contributed by atoms with Crippen LogP contribution in [-0.4, -0.2) is 60.7 Å². The molecule has 3 heterocycles. The average molecular weight is 519 g/mol. The predicted octanol–water partition coefficient (Wildman–Crippen LogP) is 4.38. The minimum atomic E-state index is -0.652. The molecule has 5 rings (SSSR count). The molecule has 0 bridgehead atoms. The second kappa shape index (κ2) is 9.92. The summed E-state index contributed by atoms with van der Waals surface area (Å²) in [5.74, 6) is -1.13. The van der Waals surface area contributed by atoms with Gasteiger partial charge in [-0.15, -0.1) is 0 Å². The Morgan fingerprint density at radius 3 is 2.61 bits per heavy atom. The Labute approximate surface area is 220 Å². The molecule has 1 saturated heterocycles. The Morgan fingerprint density at radius 1 is 1.13 bits per heavy atom. The molecule has 1 aliphatic rings. The van der Waals surface area contributed by atoms with Crippen molar-refractivity contribution in [3.8, 4) is 11.1 Å². The number of benzene rings is 2. The number of nitrogens with zero attached hydrogens (tertiary/aromatic N) is 5. The van der Waals surface area contributed by atoms with Gasteiger partial charge < -0.3 is 15.0 Å². The Bertz CT molecular complexity index is 1470. The van der Waals surface area contributed by atoms with Gasteiger partial charge in [-0.2, -0.15) is 10.2 Å². The minimum absolute atomic E-state index is 0.0458. The summed E-state index contributed by atoms with van der Waals surface area (Å²) < 4.78 is 24.2. The fraction of sp³-hybridized carbons (Fsp3) is 0.357. The van der Waals surface area contributed by atoms with Gasteiger partial charge in [0, 0.05) is 37.4 Å². The highest BCUT2D eigenvalue weighted by atomic mass is 19.1. The second-order valence-electron chi connectivity index (χ2n) is 10.7. The number of fused-ring (bicyclic) bond motifs is 1. The smallest absolute Gasteiger partial charge is 0.410 e. The Balaban J connectivity index is 1.30. The normalized spacial score (nSPS) is 17.7. The molecule has 4 aromatic rings. The van der Waals surface area contributed by atoms with Crippen molar-refractivity contribution in [3.05, 3.63) is 72.4 Å². The lowest BCUT2D eigenvalue weighted by atomic mass is 10.0. The number of hydrogen-bond acceptors (Lipinski definition) is 5. The van der Waals surface area contributed by atoms with Gasteiger partial charge in [0.05, 0.1) is 29.9 Å². The Kier molecular flexibility index (Phi) is 6.64. The van der Waals surface area contributed by atoms with Gasteiger partial charge >= 0.3 is 6.09 Å². The summed E-state index contributed by atoms with van der Waals surface area (Å²) in [6.07, 6.45) is 5.30. The summed E-state index contributed by atoms with van der Waals surface area (Å²) in [5.41, 5.74) is 1.78. The van der Waals surface area contributed by atoms with Gasteiger partial charge in [-0.3, -0.25) is 14.2 Å². The molecule has 0 aliphatic carbocycles. The van der Waals surface area contributed by atoms with Crippen LogP contribution in [0, 0.1) is 5.82 Å².